The third-order valence-electron chi connectivity index (χ3n) is 4.06. The maximum absolute atomic E-state index is 11.3. The Morgan fingerprint density at radius 1 is 1.06 bits per heavy atom. The Balaban J connectivity index is 1.78. The number of ketones is 1. The maximum Gasteiger partial charge on any atom is 0.133 e. The predicted octanol–water partition coefficient (Wildman–Crippen LogP) is 1.60. The molecule has 2 rings (SSSR count). The first-order valence-corrected chi connectivity index (χ1v) is 6.75. The third kappa shape index (κ3) is 2.99. The Labute approximate surface area is 104 Å². The molecule has 0 saturated carbocycles. The van der Waals surface area contributed by atoms with Crippen molar-refractivity contribution in [2.45, 2.75) is 38.6 Å². The lowest BCUT2D eigenvalue weighted by Crippen LogP contribution is -2.46. The van der Waals surface area contributed by atoms with E-state index in [1.165, 1.54) is 12.8 Å². The molecular weight excluding hydrogens is 220 g/mol. The number of rotatable bonds is 2. The molecule has 2 aliphatic heterocycles. The number of carbonyl (C=O) groups excluding carboxylic acids is 1. The summed E-state index contributed by atoms with van der Waals surface area (Å²) in [6, 6.07) is 0.733. The van der Waals surface area contributed by atoms with Gasteiger partial charge in [-0.25, -0.2) is 0 Å². The minimum atomic E-state index is 0.334. The second-order valence-corrected chi connectivity index (χ2v) is 5.67. The maximum atomic E-state index is 11.3. The highest BCUT2D eigenvalue weighted by Gasteiger charge is 2.28. The van der Waals surface area contributed by atoms with Gasteiger partial charge in [0.25, 0.3) is 0 Å². The van der Waals surface area contributed by atoms with Crippen LogP contribution in [0.2, 0.25) is 0 Å². The summed E-state index contributed by atoms with van der Waals surface area (Å²) in [6.45, 7) is 6.16. The summed E-state index contributed by atoms with van der Waals surface area (Å²) < 4.78 is 2.11. The van der Waals surface area contributed by atoms with E-state index >= 15 is 0 Å². The molecule has 0 aromatic heterocycles. The quantitative estimate of drug-likeness (QED) is 0.744. The van der Waals surface area contributed by atoms with Gasteiger partial charge in [0.2, 0.25) is 0 Å². The SMILES string of the molecule is CC(=O)C1CCN(C2CCN(S)CC2)CC1. The summed E-state index contributed by atoms with van der Waals surface area (Å²) >= 11 is 4.38. The van der Waals surface area contributed by atoms with Crippen LogP contribution in [-0.4, -0.2) is 47.2 Å². The van der Waals surface area contributed by atoms with Crippen LogP contribution in [0.1, 0.15) is 32.6 Å². The van der Waals surface area contributed by atoms with Gasteiger partial charge in [-0.1, -0.05) is 12.8 Å². The molecule has 92 valence electrons. The molecule has 16 heavy (non-hydrogen) atoms. The smallest absolute Gasteiger partial charge is 0.133 e. The van der Waals surface area contributed by atoms with Crippen molar-refractivity contribution < 1.29 is 4.79 Å². The van der Waals surface area contributed by atoms with E-state index < -0.39 is 0 Å². The van der Waals surface area contributed by atoms with Gasteiger partial charge in [0.15, 0.2) is 0 Å². The van der Waals surface area contributed by atoms with Gasteiger partial charge in [-0.3, -0.25) is 9.10 Å². The fraction of sp³-hybridized carbons (Fsp3) is 0.917. The van der Waals surface area contributed by atoms with E-state index in [0.29, 0.717) is 11.7 Å². The van der Waals surface area contributed by atoms with Crippen LogP contribution in [0.4, 0.5) is 0 Å². The first-order valence-electron chi connectivity index (χ1n) is 6.35. The van der Waals surface area contributed by atoms with Crippen LogP contribution in [-0.2, 0) is 4.79 Å². The minimum Gasteiger partial charge on any atom is -0.300 e. The van der Waals surface area contributed by atoms with Gasteiger partial charge in [0.05, 0.1) is 0 Å². The second kappa shape index (κ2) is 5.52. The van der Waals surface area contributed by atoms with Crippen molar-refractivity contribution in [3.8, 4) is 0 Å². The first-order chi connectivity index (χ1) is 7.66. The highest BCUT2D eigenvalue weighted by atomic mass is 32.1. The van der Waals surface area contributed by atoms with E-state index in [1.54, 1.807) is 6.92 Å². The van der Waals surface area contributed by atoms with Crippen LogP contribution < -0.4 is 0 Å². The molecule has 0 aromatic carbocycles. The molecule has 2 heterocycles. The molecule has 0 atom stereocenters. The standard InChI is InChI=1S/C12H22N2OS/c1-10(15)11-2-6-13(7-3-11)12-4-8-14(16)9-5-12/h11-12,16H,2-9H2,1H3. The fourth-order valence-electron chi connectivity index (χ4n) is 2.89. The molecule has 0 amide bonds. The molecule has 0 aromatic rings. The number of thiol groups is 1. The lowest BCUT2D eigenvalue weighted by molar-refractivity contribution is -0.122. The summed E-state index contributed by atoms with van der Waals surface area (Å²) in [5, 5.41) is 0. The fourth-order valence-corrected chi connectivity index (χ4v) is 3.12. The van der Waals surface area contributed by atoms with Gasteiger partial charge in [0.1, 0.15) is 5.78 Å². The molecule has 0 N–H and O–H groups in total. The molecule has 2 aliphatic rings. The van der Waals surface area contributed by atoms with E-state index in [1.807, 2.05) is 0 Å². The lowest BCUT2D eigenvalue weighted by atomic mass is 9.91. The number of nitrogens with zero attached hydrogens (tertiary/aromatic N) is 2. The zero-order valence-electron chi connectivity index (χ0n) is 10.1. The Bertz CT molecular complexity index is 243. The Hall–Kier alpha value is -0.0600. The van der Waals surface area contributed by atoms with Crippen LogP contribution in [0.25, 0.3) is 0 Å². The zero-order chi connectivity index (χ0) is 11.5. The van der Waals surface area contributed by atoms with E-state index in [4.69, 9.17) is 0 Å². The number of hydrogen-bond acceptors (Lipinski definition) is 4. The topological polar surface area (TPSA) is 23.6 Å². The van der Waals surface area contributed by atoms with E-state index in [-0.39, 0.29) is 0 Å². The Morgan fingerprint density at radius 3 is 2.12 bits per heavy atom. The van der Waals surface area contributed by atoms with Gasteiger partial charge in [-0.05, 0) is 45.7 Å². The summed E-state index contributed by atoms with van der Waals surface area (Å²) in [5.41, 5.74) is 0. The highest BCUT2D eigenvalue weighted by molar-refractivity contribution is 7.77. The second-order valence-electron chi connectivity index (χ2n) is 5.11. The zero-order valence-corrected chi connectivity index (χ0v) is 11.0. The van der Waals surface area contributed by atoms with Crippen molar-refractivity contribution in [1.29, 1.82) is 0 Å². The molecular formula is C12H22N2OS. The Kier molecular flexibility index (Phi) is 4.27. The minimum absolute atomic E-state index is 0.334. The van der Waals surface area contributed by atoms with Gasteiger partial charge >= 0.3 is 0 Å². The summed E-state index contributed by atoms with van der Waals surface area (Å²) in [4.78, 5) is 13.9. The third-order valence-corrected chi connectivity index (χ3v) is 4.46. The van der Waals surface area contributed by atoms with Gasteiger partial charge in [-0.15, -0.1) is 0 Å². The molecule has 0 bridgehead atoms. The van der Waals surface area contributed by atoms with Crippen molar-refractivity contribution in [2.24, 2.45) is 5.92 Å². The van der Waals surface area contributed by atoms with Crippen LogP contribution in [0.15, 0.2) is 0 Å². The van der Waals surface area contributed by atoms with Crippen molar-refractivity contribution in [3.63, 3.8) is 0 Å². The molecule has 0 unspecified atom stereocenters. The van der Waals surface area contributed by atoms with Crippen molar-refractivity contribution in [2.75, 3.05) is 26.2 Å². The van der Waals surface area contributed by atoms with Crippen molar-refractivity contribution in [3.05, 3.63) is 0 Å². The van der Waals surface area contributed by atoms with Gasteiger partial charge < -0.3 is 4.90 Å². The predicted molar refractivity (Wildman–Crippen MR) is 68.6 cm³/mol. The molecule has 4 heteroatoms. The molecule has 0 spiro atoms. The average molecular weight is 242 g/mol. The lowest BCUT2D eigenvalue weighted by Gasteiger charge is -2.40. The number of hydrogen-bond donors (Lipinski definition) is 1. The van der Waals surface area contributed by atoms with Crippen LogP contribution >= 0.6 is 12.8 Å². The number of likely N-dealkylation sites (tertiary alicyclic amines) is 1. The largest absolute Gasteiger partial charge is 0.300 e. The van der Waals surface area contributed by atoms with Gasteiger partial charge in [-0.2, -0.15) is 0 Å². The van der Waals surface area contributed by atoms with Crippen LogP contribution in [0, 0.1) is 5.92 Å². The average Bonchev–Trinajstić information content (AvgIpc) is 2.30. The van der Waals surface area contributed by atoms with Crippen molar-refractivity contribution in [1.82, 2.24) is 9.21 Å². The van der Waals surface area contributed by atoms with E-state index in [2.05, 4.69) is 22.0 Å². The number of carbonyl (C=O) groups is 1. The van der Waals surface area contributed by atoms with E-state index in [0.717, 1.165) is 45.1 Å². The normalized spacial score (nSPS) is 27.1. The van der Waals surface area contributed by atoms with Crippen molar-refractivity contribution >= 4 is 18.6 Å². The highest BCUT2D eigenvalue weighted by Crippen LogP contribution is 2.24. The van der Waals surface area contributed by atoms with Crippen LogP contribution in [0.3, 0.4) is 0 Å². The number of Topliss-reactive ketones (excluding diaryl/α,β-unsaturated/α-hetero) is 1. The van der Waals surface area contributed by atoms with E-state index in [9.17, 15) is 4.79 Å². The Morgan fingerprint density at radius 2 is 1.62 bits per heavy atom. The molecule has 0 aliphatic carbocycles. The molecule has 2 saturated heterocycles. The summed E-state index contributed by atoms with van der Waals surface area (Å²) in [5.74, 6) is 0.714. The molecule has 3 nitrogen and oxygen atoms in total. The first kappa shape index (κ1) is 12.4. The molecule has 0 radical (unpaired) electrons. The molecule has 2 fully saturated rings. The summed E-state index contributed by atoms with van der Waals surface area (Å²) in [7, 11) is 0. The monoisotopic (exact) mass is 242 g/mol. The summed E-state index contributed by atoms with van der Waals surface area (Å²) in [6.07, 6.45) is 4.59. The van der Waals surface area contributed by atoms with Gasteiger partial charge in [0, 0.05) is 25.0 Å². The van der Waals surface area contributed by atoms with Crippen LogP contribution in [0.5, 0.6) is 0 Å². The number of piperidine rings is 2.